The molecule has 1 aromatic heterocycles. The normalized spacial score (nSPS) is 13.6. The molecule has 1 amide bonds. The zero-order valence-corrected chi connectivity index (χ0v) is 13.0. The SMILES string of the molecule is Cc1cnn(CCC(=O)NC[C@](C)(O)c2ccc(F)cc2F)c1. The zero-order chi connectivity index (χ0) is 17.0. The standard InChI is InChI=1S/C16H19F2N3O2/c1-11-8-20-21(9-11)6-5-15(22)19-10-16(2,23)13-4-3-12(17)7-14(13)18/h3-4,7-9,23H,5-6,10H2,1-2H3,(H,19,22)/t16-/m0/s1. The smallest absolute Gasteiger partial charge is 0.221 e. The third-order valence-electron chi connectivity index (χ3n) is 3.47. The summed E-state index contributed by atoms with van der Waals surface area (Å²) in [5.74, 6) is -1.86. The molecule has 5 nitrogen and oxygen atoms in total. The van der Waals surface area contributed by atoms with Gasteiger partial charge in [-0.3, -0.25) is 9.48 Å². The van der Waals surface area contributed by atoms with E-state index >= 15 is 0 Å². The first-order valence-corrected chi connectivity index (χ1v) is 7.21. The second-order valence-electron chi connectivity index (χ2n) is 5.71. The lowest BCUT2D eigenvalue weighted by atomic mass is 9.95. The van der Waals surface area contributed by atoms with Gasteiger partial charge in [0.1, 0.15) is 17.2 Å². The maximum Gasteiger partial charge on any atom is 0.221 e. The number of carbonyl (C=O) groups excluding carboxylic acids is 1. The Hall–Kier alpha value is -2.28. The van der Waals surface area contributed by atoms with Crippen molar-refractivity contribution in [2.45, 2.75) is 32.4 Å². The first-order chi connectivity index (χ1) is 10.8. The minimum atomic E-state index is -1.63. The van der Waals surface area contributed by atoms with Crippen LogP contribution in [-0.4, -0.2) is 27.3 Å². The fourth-order valence-electron chi connectivity index (χ4n) is 2.19. The molecular weight excluding hydrogens is 304 g/mol. The number of aryl methyl sites for hydroxylation is 2. The minimum absolute atomic E-state index is 0.0677. The van der Waals surface area contributed by atoms with E-state index in [1.807, 2.05) is 13.1 Å². The molecule has 124 valence electrons. The van der Waals surface area contributed by atoms with E-state index in [4.69, 9.17) is 0 Å². The van der Waals surface area contributed by atoms with Crippen LogP contribution in [-0.2, 0) is 16.9 Å². The molecule has 0 aliphatic heterocycles. The van der Waals surface area contributed by atoms with Crippen LogP contribution in [0.25, 0.3) is 0 Å². The Balaban J connectivity index is 1.89. The van der Waals surface area contributed by atoms with Crippen molar-refractivity contribution in [3.8, 4) is 0 Å². The summed E-state index contributed by atoms with van der Waals surface area (Å²) in [5, 5.41) is 16.9. The Morgan fingerprint density at radius 2 is 2.17 bits per heavy atom. The van der Waals surface area contributed by atoms with Crippen molar-refractivity contribution in [1.29, 1.82) is 0 Å². The molecule has 0 unspecified atom stereocenters. The summed E-state index contributed by atoms with van der Waals surface area (Å²) < 4.78 is 28.3. The number of amides is 1. The van der Waals surface area contributed by atoms with Gasteiger partial charge in [0.15, 0.2) is 0 Å². The lowest BCUT2D eigenvalue weighted by Crippen LogP contribution is -2.39. The first kappa shape index (κ1) is 17.1. The summed E-state index contributed by atoms with van der Waals surface area (Å²) in [7, 11) is 0. The number of hydrogen-bond acceptors (Lipinski definition) is 3. The molecule has 2 aromatic rings. The monoisotopic (exact) mass is 323 g/mol. The molecule has 23 heavy (non-hydrogen) atoms. The molecule has 0 aliphatic rings. The molecule has 1 aromatic carbocycles. The van der Waals surface area contributed by atoms with E-state index in [0.29, 0.717) is 12.6 Å². The van der Waals surface area contributed by atoms with Crippen LogP contribution in [0.1, 0.15) is 24.5 Å². The molecule has 0 saturated carbocycles. The third-order valence-corrected chi connectivity index (χ3v) is 3.47. The third kappa shape index (κ3) is 4.59. The van der Waals surface area contributed by atoms with Crippen molar-refractivity contribution in [2.75, 3.05) is 6.54 Å². The molecule has 0 saturated heterocycles. The Morgan fingerprint density at radius 3 is 2.78 bits per heavy atom. The fourth-order valence-corrected chi connectivity index (χ4v) is 2.19. The Morgan fingerprint density at radius 1 is 1.43 bits per heavy atom. The molecule has 2 rings (SSSR count). The van der Waals surface area contributed by atoms with Crippen LogP contribution in [0, 0.1) is 18.6 Å². The Labute approximate surface area is 132 Å². The topological polar surface area (TPSA) is 67.2 Å². The number of halogens is 2. The van der Waals surface area contributed by atoms with Gasteiger partial charge in [0.2, 0.25) is 5.91 Å². The largest absolute Gasteiger partial charge is 0.383 e. The van der Waals surface area contributed by atoms with Gasteiger partial charge >= 0.3 is 0 Å². The van der Waals surface area contributed by atoms with Gasteiger partial charge in [0, 0.05) is 30.8 Å². The second kappa shape index (κ2) is 6.87. The van der Waals surface area contributed by atoms with E-state index in [-0.39, 0.29) is 24.4 Å². The molecule has 0 spiro atoms. The molecular formula is C16H19F2N3O2. The summed E-state index contributed by atoms with van der Waals surface area (Å²) in [4.78, 5) is 11.8. The summed E-state index contributed by atoms with van der Waals surface area (Å²) in [5.41, 5.74) is -0.697. The molecule has 0 bridgehead atoms. The van der Waals surface area contributed by atoms with E-state index in [2.05, 4.69) is 10.4 Å². The number of nitrogens with zero attached hydrogens (tertiary/aromatic N) is 2. The predicted molar refractivity (Wildman–Crippen MR) is 80.5 cm³/mol. The molecule has 0 radical (unpaired) electrons. The quantitative estimate of drug-likeness (QED) is 0.853. The van der Waals surface area contributed by atoms with Crippen molar-refractivity contribution in [3.05, 3.63) is 53.4 Å². The first-order valence-electron chi connectivity index (χ1n) is 7.21. The van der Waals surface area contributed by atoms with Crippen molar-refractivity contribution in [2.24, 2.45) is 0 Å². The van der Waals surface area contributed by atoms with E-state index < -0.39 is 17.2 Å². The number of aliphatic hydroxyl groups is 1. The highest BCUT2D eigenvalue weighted by Crippen LogP contribution is 2.23. The maximum atomic E-state index is 13.7. The van der Waals surface area contributed by atoms with Crippen molar-refractivity contribution >= 4 is 5.91 Å². The molecule has 1 heterocycles. The van der Waals surface area contributed by atoms with E-state index in [1.54, 1.807) is 10.9 Å². The van der Waals surface area contributed by atoms with Crippen molar-refractivity contribution in [3.63, 3.8) is 0 Å². The van der Waals surface area contributed by atoms with E-state index in [1.165, 1.54) is 13.0 Å². The molecule has 1 atom stereocenters. The van der Waals surface area contributed by atoms with Gasteiger partial charge < -0.3 is 10.4 Å². The van der Waals surface area contributed by atoms with E-state index in [9.17, 15) is 18.7 Å². The fraction of sp³-hybridized carbons (Fsp3) is 0.375. The average molecular weight is 323 g/mol. The highest BCUT2D eigenvalue weighted by atomic mass is 19.1. The number of carbonyl (C=O) groups is 1. The minimum Gasteiger partial charge on any atom is -0.383 e. The van der Waals surface area contributed by atoms with Gasteiger partial charge in [-0.2, -0.15) is 5.10 Å². The van der Waals surface area contributed by atoms with Crippen LogP contribution < -0.4 is 5.32 Å². The van der Waals surface area contributed by atoms with E-state index in [0.717, 1.165) is 11.6 Å². The molecule has 0 fully saturated rings. The summed E-state index contributed by atoms with van der Waals surface area (Å²) >= 11 is 0. The van der Waals surface area contributed by atoms with Gasteiger partial charge in [-0.05, 0) is 25.5 Å². The molecule has 7 heteroatoms. The highest BCUT2D eigenvalue weighted by molar-refractivity contribution is 5.75. The summed E-state index contributed by atoms with van der Waals surface area (Å²) in [6.45, 7) is 3.50. The Kier molecular flexibility index (Phi) is 5.10. The van der Waals surface area contributed by atoms with Crippen LogP contribution in [0.15, 0.2) is 30.6 Å². The van der Waals surface area contributed by atoms with Crippen LogP contribution in [0.3, 0.4) is 0 Å². The average Bonchev–Trinajstić information content (AvgIpc) is 2.88. The highest BCUT2D eigenvalue weighted by Gasteiger charge is 2.27. The number of aromatic nitrogens is 2. The van der Waals surface area contributed by atoms with Gasteiger partial charge in [-0.1, -0.05) is 6.07 Å². The Bertz CT molecular complexity index is 698. The number of hydrogen-bond donors (Lipinski definition) is 2. The summed E-state index contributed by atoms with van der Waals surface area (Å²) in [6.07, 6.45) is 3.69. The number of benzene rings is 1. The number of rotatable bonds is 6. The van der Waals surface area contributed by atoms with Crippen LogP contribution >= 0.6 is 0 Å². The molecule has 2 N–H and O–H groups in total. The van der Waals surface area contributed by atoms with Crippen LogP contribution in [0.4, 0.5) is 8.78 Å². The predicted octanol–water partition coefficient (Wildman–Crippen LogP) is 1.88. The van der Waals surface area contributed by atoms with Crippen molar-refractivity contribution in [1.82, 2.24) is 15.1 Å². The van der Waals surface area contributed by atoms with Crippen LogP contribution in [0.2, 0.25) is 0 Å². The van der Waals surface area contributed by atoms with Crippen LogP contribution in [0.5, 0.6) is 0 Å². The van der Waals surface area contributed by atoms with Crippen molar-refractivity contribution < 1.29 is 18.7 Å². The van der Waals surface area contributed by atoms with Gasteiger partial charge in [0.25, 0.3) is 0 Å². The lowest BCUT2D eigenvalue weighted by molar-refractivity contribution is -0.122. The van der Waals surface area contributed by atoms with Gasteiger partial charge in [-0.25, -0.2) is 8.78 Å². The molecule has 0 aliphatic carbocycles. The van der Waals surface area contributed by atoms with Gasteiger partial charge in [0.05, 0.1) is 12.7 Å². The van der Waals surface area contributed by atoms with Gasteiger partial charge in [-0.15, -0.1) is 0 Å². The zero-order valence-electron chi connectivity index (χ0n) is 13.0. The number of nitrogens with one attached hydrogen (secondary N) is 1. The summed E-state index contributed by atoms with van der Waals surface area (Å²) in [6, 6.07) is 2.93. The lowest BCUT2D eigenvalue weighted by Gasteiger charge is -2.24. The second-order valence-corrected chi connectivity index (χ2v) is 5.71. The maximum absolute atomic E-state index is 13.7.